The third-order valence-corrected chi connectivity index (χ3v) is 5.91. The van der Waals surface area contributed by atoms with Crippen LogP contribution in [0.2, 0.25) is 0 Å². The van der Waals surface area contributed by atoms with Crippen LogP contribution in [0.1, 0.15) is 61.5 Å². The minimum Gasteiger partial charge on any atom is -0.349 e. The van der Waals surface area contributed by atoms with Crippen LogP contribution in [0.5, 0.6) is 0 Å². The fourth-order valence-corrected chi connectivity index (χ4v) is 4.07. The normalized spacial score (nSPS) is 12.3. The van der Waals surface area contributed by atoms with Gasteiger partial charge in [0.2, 0.25) is 17.7 Å². The number of nitrogens with one attached hydrogen (secondary N) is 2. The van der Waals surface area contributed by atoms with Gasteiger partial charge in [0, 0.05) is 26.1 Å². The van der Waals surface area contributed by atoms with Crippen LogP contribution in [-0.4, -0.2) is 22.6 Å². The zero-order valence-electron chi connectivity index (χ0n) is 20.7. The monoisotopic (exact) mass is 471 g/mol. The molecule has 0 saturated carbocycles. The molecular formula is C29H33N3O3. The summed E-state index contributed by atoms with van der Waals surface area (Å²) in [4.78, 5) is 39.1. The van der Waals surface area contributed by atoms with Crippen molar-refractivity contribution >= 4 is 23.4 Å². The summed E-state index contributed by atoms with van der Waals surface area (Å²) in [5, 5.41) is 5.75. The maximum absolute atomic E-state index is 13.8. The van der Waals surface area contributed by atoms with Gasteiger partial charge >= 0.3 is 0 Å². The summed E-state index contributed by atoms with van der Waals surface area (Å²) in [6.07, 6.45) is 0.130. The van der Waals surface area contributed by atoms with Gasteiger partial charge in [-0.25, -0.2) is 0 Å². The SMILES string of the molecule is CC(=O)Nc1cccc(C(C)N(Cc2ccccc2)C(=O)CC(NC(C)=O)c2ccc(C)cc2)c1. The Labute approximate surface area is 207 Å². The van der Waals surface area contributed by atoms with Crippen LogP contribution in [0.15, 0.2) is 78.9 Å². The second-order valence-corrected chi connectivity index (χ2v) is 8.86. The minimum atomic E-state index is -0.434. The van der Waals surface area contributed by atoms with E-state index in [9.17, 15) is 14.4 Å². The fraction of sp³-hybridized carbons (Fsp3) is 0.276. The van der Waals surface area contributed by atoms with Gasteiger partial charge in [-0.15, -0.1) is 0 Å². The Balaban J connectivity index is 1.91. The minimum absolute atomic E-state index is 0.0781. The molecule has 0 aromatic heterocycles. The first-order valence-corrected chi connectivity index (χ1v) is 11.8. The molecule has 3 rings (SSSR count). The molecule has 0 heterocycles. The van der Waals surface area contributed by atoms with Crippen molar-refractivity contribution in [3.05, 3.63) is 101 Å². The number of amides is 3. The van der Waals surface area contributed by atoms with Gasteiger partial charge in [-0.2, -0.15) is 0 Å². The molecule has 35 heavy (non-hydrogen) atoms. The van der Waals surface area contributed by atoms with Crippen molar-refractivity contribution in [1.29, 1.82) is 0 Å². The number of benzene rings is 3. The molecule has 0 spiro atoms. The van der Waals surface area contributed by atoms with E-state index < -0.39 is 6.04 Å². The Morgan fingerprint density at radius 1 is 0.829 bits per heavy atom. The van der Waals surface area contributed by atoms with Gasteiger partial charge in [-0.05, 0) is 42.7 Å². The molecule has 3 aromatic carbocycles. The second kappa shape index (κ2) is 12.0. The molecule has 6 heteroatoms. The van der Waals surface area contributed by atoms with E-state index in [0.717, 1.165) is 22.3 Å². The second-order valence-electron chi connectivity index (χ2n) is 8.86. The Morgan fingerprint density at radius 3 is 2.14 bits per heavy atom. The quantitative estimate of drug-likeness (QED) is 0.444. The van der Waals surface area contributed by atoms with Crippen LogP contribution >= 0.6 is 0 Å². The summed E-state index contributed by atoms with van der Waals surface area (Å²) < 4.78 is 0. The number of hydrogen-bond acceptors (Lipinski definition) is 3. The van der Waals surface area contributed by atoms with Crippen LogP contribution in [-0.2, 0) is 20.9 Å². The summed E-state index contributed by atoms with van der Waals surface area (Å²) in [6, 6.07) is 24.5. The van der Waals surface area contributed by atoms with Crippen molar-refractivity contribution in [2.75, 3.05) is 5.32 Å². The Morgan fingerprint density at radius 2 is 1.51 bits per heavy atom. The summed E-state index contributed by atoms with van der Waals surface area (Å²) >= 11 is 0. The maximum atomic E-state index is 13.8. The highest BCUT2D eigenvalue weighted by atomic mass is 16.2. The largest absolute Gasteiger partial charge is 0.349 e. The van der Waals surface area contributed by atoms with Gasteiger partial charge in [0.05, 0.1) is 18.5 Å². The van der Waals surface area contributed by atoms with Crippen LogP contribution < -0.4 is 10.6 Å². The van der Waals surface area contributed by atoms with Crippen LogP contribution in [0.25, 0.3) is 0 Å². The molecule has 3 aromatic rings. The number of nitrogens with zero attached hydrogens (tertiary/aromatic N) is 1. The molecule has 0 fully saturated rings. The highest BCUT2D eigenvalue weighted by molar-refractivity contribution is 5.88. The van der Waals surface area contributed by atoms with Gasteiger partial charge in [0.15, 0.2) is 0 Å². The number of aryl methyl sites for hydroxylation is 1. The molecular weight excluding hydrogens is 438 g/mol. The van der Waals surface area contributed by atoms with E-state index in [2.05, 4.69) is 10.6 Å². The first-order valence-electron chi connectivity index (χ1n) is 11.8. The topological polar surface area (TPSA) is 78.5 Å². The van der Waals surface area contributed by atoms with Crippen molar-refractivity contribution in [1.82, 2.24) is 10.2 Å². The standard InChI is InChI=1S/C29H33N3O3/c1-20-13-15-25(16-14-20)28(31-23(4)34)18-29(35)32(19-24-9-6-5-7-10-24)21(2)26-11-8-12-27(17-26)30-22(3)33/h5-17,21,28H,18-19H2,1-4H3,(H,30,33)(H,31,34). The van der Waals surface area contributed by atoms with Crippen LogP contribution in [0.3, 0.4) is 0 Å². The average molecular weight is 472 g/mol. The van der Waals surface area contributed by atoms with E-state index in [4.69, 9.17) is 0 Å². The van der Waals surface area contributed by atoms with Crippen molar-refractivity contribution < 1.29 is 14.4 Å². The van der Waals surface area contributed by atoms with Crippen molar-refractivity contribution in [3.8, 4) is 0 Å². The Hall–Kier alpha value is -3.93. The smallest absolute Gasteiger partial charge is 0.225 e. The summed E-state index contributed by atoms with van der Waals surface area (Å²) in [7, 11) is 0. The van der Waals surface area contributed by atoms with Crippen molar-refractivity contribution in [2.24, 2.45) is 0 Å². The molecule has 2 N–H and O–H groups in total. The predicted molar refractivity (Wildman–Crippen MR) is 139 cm³/mol. The van der Waals surface area contributed by atoms with Crippen molar-refractivity contribution in [2.45, 2.75) is 52.7 Å². The molecule has 3 amide bonds. The van der Waals surface area contributed by atoms with Crippen LogP contribution in [0, 0.1) is 6.92 Å². The van der Waals surface area contributed by atoms with Gasteiger partial charge in [-0.1, -0.05) is 72.3 Å². The van der Waals surface area contributed by atoms with Gasteiger partial charge in [-0.3, -0.25) is 14.4 Å². The number of anilines is 1. The van der Waals surface area contributed by atoms with E-state index in [1.54, 1.807) is 0 Å². The highest BCUT2D eigenvalue weighted by Crippen LogP contribution is 2.28. The Bertz CT molecular complexity index is 1160. The van der Waals surface area contributed by atoms with Crippen LogP contribution in [0.4, 0.5) is 5.69 Å². The van der Waals surface area contributed by atoms with Gasteiger partial charge in [0.25, 0.3) is 0 Å². The average Bonchev–Trinajstić information content (AvgIpc) is 2.82. The van der Waals surface area contributed by atoms with E-state index in [1.165, 1.54) is 13.8 Å². The zero-order valence-corrected chi connectivity index (χ0v) is 20.7. The van der Waals surface area contributed by atoms with Gasteiger partial charge < -0.3 is 15.5 Å². The molecule has 6 nitrogen and oxygen atoms in total. The molecule has 0 aliphatic heterocycles. The maximum Gasteiger partial charge on any atom is 0.225 e. The molecule has 2 unspecified atom stereocenters. The highest BCUT2D eigenvalue weighted by Gasteiger charge is 2.26. The lowest BCUT2D eigenvalue weighted by Gasteiger charge is -2.32. The number of hydrogen-bond donors (Lipinski definition) is 2. The Kier molecular flexibility index (Phi) is 8.79. The van der Waals surface area contributed by atoms with Crippen molar-refractivity contribution in [3.63, 3.8) is 0 Å². The van der Waals surface area contributed by atoms with E-state index >= 15 is 0 Å². The zero-order chi connectivity index (χ0) is 25.4. The molecule has 182 valence electrons. The third-order valence-electron chi connectivity index (χ3n) is 5.91. The molecule has 0 aliphatic rings. The van der Waals surface area contributed by atoms with E-state index in [1.807, 2.05) is 97.6 Å². The lowest BCUT2D eigenvalue weighted by molar-refractivity contribution is -0.135. The first-order chi connectivity index (χ1) is 16.7. The number of carbonyl (C=O) groups is 3. The molecule has 0 aliphatic carbocycles. The van der Waals surface area contributed by atoms with E-state index in [-0.39, 0.29) is 30.2 Å². The fourth-order valence-electron chi connectivity index (χ4n) is 4.07. The first kappa shape index (κ1) is 25.7. The summed E-state index contributed by atoms with van der Waals surface area (Å²) in [5.41, 5.74) is 4.60. The summed E-state index contributed by atoms with van der Waals surface area (Å²) in [5.74, 6) is -0.414. The van der Waals surface area contributed by atoms with Gasteiger partial charge in [0.1, 0.15) is 0 Å². The molecule has 0 bridgehead atoms. The summed E-state index contributed by atoms with van der Waals surface area (Å²) in [6.45, 7) is 7.33. The lowest BCUT2D eigenvalue weighted by Crippen LogP contribution is -2.37. The number of rotatable bonds is 9. The molecule has 0 saturated heterocycles. The number of carbonyl (C=O) groups excluding carboxylic acids is 3. The third kappa shape index (κ3) is 7.54. The lowest BCUT2D eigenvalue weighted by atomic mass is 9.99. The predicted octanol–water partition coefficient (Wildman–Crippen LogP) is 5.31. The molecule has 2 atom stereocenters. The van der Waals surface area contributed by atoms with E-state index in [0.29, 0.717) is 12.2 Å². The molecule has 0 radical (unpaired) electrons.